The molecule has 10 heteroatoms. The molecule has 7 nitrogen and oxygen atoms in total. The Morgan fingerprint density at radius 1 is 1.16 bits per heavy atom. The number of rotatable bonds is 6. The second kappa shape index (κ2) is 8.86. The lowest BCUT2D eigenvalue weighted by atomic mass is 10.3. The maximum atomic E-state index is 12.6. The summed E-state index contributed by atoms with van der Waals surface area (Å²) >= 11 is 9.44. The number of thioether (sulfide) groups is 1. The molecule has 3 aromatic heterocycles. The molecule has 0 aliphatic carbocycles. The van der Waals surface area contributed by atoms with Crippen LogP contribution in [0.1, 0.15) is 28.3 Å². The Morgan fingerprint density at radius 2 is 2.00 bits per heavy atom. The van der Waals surface area contributed by atoms with Crippen molar-refractivity contribution in [3.05, 3.63) is 63.8 Å². The Bertz CT molecular complexity index is 1200. The van der Waals surface area contributed by atoms with Crippen LogP contribution in [0.5, 0.6) is 0 Å². The van der Waals surface area contributed by atoms with Crippen LogP contribution in [0.25, 0.3) is 17.3 Å². The van der Waals surface area contributed by atoms with Crippen LogP contribution in [0.4, 0.5) is 0 Å². The van der Waals surface area contributed by atoms with Gasteiger partial charge in [-0.15, -0.1) is 21.5 Å². The first-order valence-corrected chi connectivity index (χ1v) is 12.1. The van der Waals surface area contributed by atoms with Crippen molar-refractivity contribution in [2.45, 2.75) is 23.8 Å². The van der Waals surface area contributed by atoms with Gasteiger partial charge >= 0.3 is 0 Å². The second-order valence-electron chi connectivity index (χ2n) is 6.98. The van der Waals surface area contributed by atoms with Gasteiger partial charge in [-0.25, -0.2) is 4.98 Å². The van der Waals surface area contributed by atoms with Gasteiger partial charge in [0, 0.05) is 18.5 Å². The van der Waals surface area contributed by atoms with Crippen molar-refractivity contribution in [1.82, 2.24) is 24.6 Å². The van der Waals surface area contributed by atoms with Gasteiger partial charge in [-0.05, 0) is 37.1 Å². The average Bonchev–Trinajstić information content (AvgIpc) is 3.59. The monoisotopic (exact) mass is 471 g/mol. The van der Waals surface area contributed by atoms with E-state index in [4.69, 9.17) is 16.0 Å². The highest BCUT2D eigenvalue weighted by Gasteiger charge is 2.23. The number of carbonyl (C=O) groups excluding carboxylic acids is 1. The lowest BCUT2D eigenvalue weighted by Crippen LogP contribution is -2.27. The van der Waals surface area contributed by atoms with Gasteiger partial charge in [0.05, 0.1) is 22.7 Å². The summed E-state index contributed by atoms with van der Waals surface area (Å²) in [5.74, 6) is 1.76. The minimum Gasteiger partial charge on any atom is -0.461 e. The first-order valence-electron chi connectivity index (χ1n) is 9.81. The summed E-state index contributed by atoms with van der Waals surface area (Å²) in [7, 11) is 0. The highest BCUT2D eigenvalue weighted by Crippen LogP contribution is 2.33. The van der Waals surface area contributed by atoms with Crippen molar-refractivity contribution in [3.63, 3.8) is 0 Å². The third-order valence-corrected chi connectivity index (χ3v) is 7.25. The number of hydrogen-bond donors (Lipinski definition) is 0. The van der Waals surface area contributed by atoms with Gasteiger partial charge < -0.3 is 9.32 Å². The maximum Gasteiger partial charge on any atom is 0.273 e. The van der Waals surface area contributed by atoms with E-state index in [9.17, 15) is 4.79 Å². The number of furan rings is 1. The highest BCUT2D eigenvalue weighted by atomic mass is 35.5. The summed E-state index contributed by atoms with van der Waals surface area (Å²) in [6.07, 6.45) is 3.73. The maximum absolute atomic E-state index is 12.6. The molecule has 1 aliphatic rings. The number of nitrogens with zero attached hydrogens (tertiary/aromatic N) is 5. The smallest absolute Gasteiger partial charge is 0.273 e. The van der Waals surface area contributed by atoms with E-state index in [1.807, 2.05) is 51.2 Å². The first kappa shape index (κ1) is 20.3. The zero-order valence-corrected chi connectivity index (χ0v) is 18.8. The third kappa shape index (κ3) is 4.13. The van der Waals surface area contributed by atoms with E-state index in [2.05, 4.69) is 15.2 Å². The molecule has 4 aromatic rings. The largest absolute Gasteiger partial charge is 0.461 e. The molecule has 158 valence electrons. The number of halogens is 1. The van der Waals surface area contributed by atoms with Gasteiger partial charge in [-0.1, -0.05) is 35.5 Å². The molecule has 31 heavy (non-hydrogen) atoms. The minimum absolute atomic E-state index is 0.0179. The van der Waals surface area contributed by atoms with Gasteiger partial charge in [-0.2, -0.15) is 0 Å². The summed E-state index contributed by atoms with van der Waals surface area (Å²) < 4.78 is 7.43. The first-order chi connectivity index (χ1) is 15.2. The van der Waals surface area contributed by atoms with Crippen LogP contribution in [0, 0.1) is 0 Å². The molecule has 1 aromatic carbocycles. The van der Waals surface area contributed by atoms with E-state index in [1.165, 1.54) is 23.1 Å². The summed E-state index contributed by atoms with van der Waals surface area (Å²) in [6.45, 7) is 1.63. The Labute approximate surface area is 192 Å². The summed E-state index contributed by atoms with van der Waals surface area (Å²) in [4.78, 5) is 19.0. The predicted octanol–water partition coefficient (Wildman–Crippen LogP) is 5.17. The fraction of sp³-hybridized carbons (Fsp3) is 0.238. The van der Waals surface area contributed by atoms with Crippen LogP contribution in [0.2, 0.25) is 5.02 Å². The molecule has 5 rings (SSSR count). The number of para-hydroxylation sites is 1. The van der Waals surface area contributed by atoms with E-state index < -0.39 is 0 Å². The van der Waals surface area contributed by atoms with Crippen molar-refractivity contribution < 1.29 is 9.21 Å². The summed E-state index contributed by atoms with van der Waals surface area (Å²) in [6, 6.07) is 11.2. The van der Waals surface area contributed by atoms with Crippen LogP contribution in [-0.4, -0.2) is 43.6 Å². The molecule has 1 fully saturated rings. The van der Waals surface area contributed by atoms with E-state index >= 15 is 0 Å². The minimum atomic E-state index is 0.0179. The molecule has 0 atom stereocenters. The van der Waals surface area contributed by atoms with Crippen molar-refractivity contribution in [1.29, 1.82) is 0 Å². The summed E-state index contributed by atoms with van der Waals surface area (Å²) in [5.41, 5.74) is 1.29. The third-order valence-electron chi connectivity index (χ3n) is 4.96. The van der Waals surface area contributed by atoms with E-state index in [1.54, 1.807) is 6.26 Å². The van der Waals surface area contributed by atoms with Crippen LogP contribution in [0.3, 0.4) is 0 Å². The Morgan fingerprint density at radius 3 is 2.77 bits per heavy atom. The lowest BCUT2D eigenvalue weighted by molar-refractivity contribution is 0.0787. The average molecular weight is 472 g/mol. The Hall–Kier alpha value is -2.62. The van der Waals surface area contributed by atoms with Crippen LogP contribution >= 0.6 is 34.7 Å². The van der Waals surface area contributed by atoms with Crippen LogP contribution in [-0.2, 0) is 5.75 Å². The molecule has 1 aliphatic heterocycles. The molecular formula is C21H18ClN5O2S2. The number of hydrogen-bond acceptors (Lipinski definition) is 7. The van der Waals surface area contributed by atoms with Crippen LogP contribution < -0.4 is 0 Å². The topological polar surface area (TPSA) is 77.0 Å². The normalized spacial score (nSPS) is 13.8. The van der Waals surface area contributed by atoms with E-state index in [0.717, 1.165) is 36.6 Å². The van der Waals surface area contributed by atoms with Crippen molar-refractivity contribution in [3.8, 4) is 17.3 Å². The van der Waals surface area contributed by atoms with Gasteiger partial charge in [0.15, 0.2) is 10.9 Å². The Balaban J connectivity index is 1.40. The molecular weight excluding hydrogens is 454 g/mol. The number of likely N-dealkylation sites (tertiary alicyclic amines) is 1. The van der Waals surface area contributed by atoms with Gasteiger partial charge in [0.2, 0.25) is 5.82 Å². The number of thiazole rings is 1. The molecule has 0 radical (unpaired) electrons. The van der Waals surface area contributed by atoms with Gasteiger partial charge in [-0.3, -0.25) is 9.36 Å². The van der Waals surface area contributed by atoms with E-state index in [0.29, 0.717) is 33.2 Å². The molecule has 0 unspecified atom stereocenters. The quantitative estimate of drug-likeness (QED) is 0.361. The molecule has 1 saturated heterocycles. The van der Waals surface area contributed by atoms with Crippen molar-refractivity contribution in [2.24, 2.45) is 0 Å². The van der Waals surface area contributed by atoms with Crippen molar-refractivity contribution in [2.75, 3.05) is 13.1 Å². The number of amides is 1. The predicted molar refractivity (Wildman–Crippen MR) is 121 cm³/mol. The zero-order valence-electron chi connectivity index (χ0n) is 16.4. The van der Waals surface area contributed by atoms with Crippen molar-refractivity contribution >= 4 is 40.6 Å². The Kier molecular flexibility index (Phi) is 5.80. The number of benzene rings is 1. The van der Waals surface area contributed by atoms with Gasteiger partial charge in [0.25, 0.3) is 5.91 Å². The molecule has 4 heterocycles. The fourth-order valence-electron chi connectivity index (χ4n) is 3.46. The van der Waals surface area contributed by atoms with Gasteiger partial charge in [0.1, 0.15) is 10.7 Å². The fourth-order valence-corrected chi connectivity index (χ4v) is 5.41. The number of carbonyl (C=O) groups is 1. The zero-order chi connectivity index (χ0) is 21.2. The summed E-state index contributed by atoms with van der Waals surface area (Å²) in [5, 5.41) is 12.7. The highest BCUT2D eigenvalue weighted by molar-refractivity contribution is 7.98. The molecule has 0 bridgehead atoms. The standard InChI is InChI=1S/C21H18ClN5O2S2/c22-14-6-1-2-7-16(14)27-19(17-8-5-11-29-17)24-25-21(27)31-13-18-23-15(12-30-18)20(28)26-9-3-4-10-26/h1-2,5-8,11-12H,3-4,9-10,13H2. The van der Waals surface area contributed by atoms with E-state index in [-0.39, 0.29) is 5.91 Å². The number of aromatic nitrogens is 4. The molecule has 0 N–H and O–H groups in total. The molecule has 0 spiro atoms. The molecule has 0 saturated carbocycles. The lowest BCUT2D eigenvalue weighted by Gasteiger charge is -2.12. The molecule has 1 amide bonds. The SMILES string of the molecule is O=C(c1csc(CSc2nnc(-c3ccco3)n2-c2ccccc2Cl)n1)N1CCCC1. The van der Waals surface area contributed by atoms with Crippen LogP contribution in [0.15, 0.2) is 57.6 Å². The second-order valence-corrected chi connectivity index (χ2v) is 9.28.